The summed E-state index contributed by atoms with van der Waals surface area (Å²) in [5.74, 6) is 0.929. The number of carbonyl (C=O) groups is 1. The van der Waals surface area contributed by atoms with E-state index in [0.29, 0.717) is 26.5 Å². The number of piperidine rings is 1. The number of amides is 1. The molecule has 3 heterocycles. The molecule has 1 aliphatic carbocycles. The second-order valence-electron chi connectivity index (χ2n) is 11.4. The van der Waals surface area contributed by atoms with Crippen LogP contribution in [0.1, 0.15) is 68.9 Å². The van der Waals surface area contributed by atoms with Gasteiger partial charge in [-0.15, -0.1) is 0 Å². The molecule has 0 radical (unpaired) electrons. The number of benzene rings is 1. The predicted octanol–water partition coefficient (Wildman–Crippen LogP) is 6.75. The highest BCUT2D eigenvalue weighted by Crippen LogP contribution is 2.56. The second kappa shape index (κ2) is 11.4. The molecule has 1 spiro atoms. The summed E-state index contributed by atoms with van der Waals surface area (Å²) in [4.78, 5) is 27.9. The summed E-state index contributed by atoms with van der Waals surface area (Å²) in [5.41, 5.74) is 2.68. The number of halogens is 2. The molecule has 0 saturated carbocycles. The van der Waals surface area contributed by atoms with Gasteiger partial charge in [-0.2, -0.15) is 0 Å². The normalized spacial score (nSPS) is 18.9. The molecule has 1 saturated heterocycles. The lowest BCUT2D eigenvalue weighted by Gasteiger charge is -2.46. The van der Waals surface area contributed by atoms with Crippen LogP contribution >= 0.6 is 35.0 Å². The van der Waals surface area contributed by atoms with Crippen molar-refractivity contribution >= 4 is 46.9 Å². The first-order valence-electron chi connectivity index (χ1n) is 13.3. The van der Waals surface area contributed by atoms with E-state index in [4.69, 9.17) is 33.2 Å². The van der Waals surface area contributed by atoms with E-state index in [2.05, 4.69) is 39.5 Å². The lowest BCUT2D eigenvalue weighted by atomic mass is 9.66. The Kier molecular flexibility index (Phi) is 8.21. The Morgan fingerprint density at radius 2 is 1.95 bits per heavy atom. The summed E-state index contributed by atoms with van der Waals surface area (Å²) >= 11 is 13.7. The number of aromatic nitrogens is 3. The number of rotatable bonds is 7. The molecule has 1 amide bonds. The molecule has 0 bridgehead atoms. The van der Waals surface area contributed by atoms with E-state index in [-0.39, 0.29) is 16.5 Å². The molecule has 1 fully saturated rings. The summed E-state index contributed by atoms with van der Waals surface area (Å²) in [6.07, 6.45) is 5.05. The molecule has 1 aromatic carbocycles. The molecule has 2 atom stereocenters. The number of fused-ring (bicyclic) bond motifs is 1. The molecule has 3 aromatic rings. The summed E-state index contributed by atoms with van der Waals surface area (Å²) in [7, 11) is 0. The number of hydrogen-bond donors (Lipinski definition) is 3. The van der Waals surface area contributed by atoms with E-state index >= 15 is 0 Å². The maximum Gasteiger partial charge on any atom is 0.405 e. The molecule has 1 aliphatic heterocycles. The fraction of sp³-hybridized carbons (Fsp3) is 0.448. The molecule has 3 N–H and O–H groups in total. The molecular formula is C29H33Cl2N5O3S. The van der Waals surface area contributed by atoms with Gasteiger partial charge >= 0.3 is 6.09 Å². The summed E-state index contributed by atoms with van der Waals surface area (Å²) in [6.45, 7) is 7.16. The van der Waals surface area contributed by atoms with E-state index in [9.17, 15) is 15.0 Å². The van der Waals surface area contributed by atoms with E-state index in [1.807, 2.05) is 13.8 Å². The van der Waals surface area contributed by atoms with Gasteiger partial charge in [0.05, 0.1) is 17.3 Å². The monoisotopic (exact) mass is 601 g/mol. The van der Waals surface area contributed by atoms with Crippen molar-refractivity contribution in [3.05, 3.63) is 69.7 Å². The number of nitrogens with one attached hydrogen (secondary N) is 1. The lowest BCUT2D eigenvalue weighted by molar-refractivity contribution is 0.143. The van der Waals surface area contributed by atoms with Crippen molar-refractivity contribution in [3.8, 4) is 0 Å². The van der Waals surface area contributed by atoms with Crippen molar-refractivity contribution in [3.63, 3.8) is 0 Å². The van der Waals surface area contributed by atoms with Gasteiger partial charge < -0.3 is 20.4 Å². The van der Waals surface area contributed by atoms with Crippen molar-refractivity contribution in [1.29, 1.82) is 0 Å². The van der Waals surface area contributed by atoms with Crippen LogP contribution in [0.25, 0.3) is 0 Å². The number of aliphatic hydroxyl groups excluding tert-OH is 1. The summed E-state index contributed by atoms with van der Waals surface area (Å²) in [5, 5.41) is 24.0. The van der Waals surface area contributed by atoms with Gasteiger partial charge in [-0.3, -0.25) is 0 Å². The van der Waals surface area contributed by atoms with Gasteiger partial charge in [-0.25, -0.2) is 19.7 Å². The number of nitrogens with zero attached hydrogens (tertiary/aromatic N) is 4. The first-order valence-corrected chi connectivity index (χ1v) is 14.9. The summed E-state index contributed by atoms with van der Waals surface area (Å²) in [6, 6.07) is 10.3. The van der Waals surface area contributed by atoms with Gasteiger partial charge in [0.2, 0.25) is 0 Å². The third-order valence-corrected chi connectivity index (χ3v) is 9.95. The first-order chi connectivity index (χ1) is 19.0. The van der Waals surface area contributed by atoms with Crippen LogP contribution in [0.4, 0.5) is 10.6 Å². The number of carboxylic acid groups (broad SMARTS) is 1. The molecule has 8 nitrogen and oxygen atoms in total. The average molecular weight is 603 g/mol. The Balaban J connectivity index is 1.37. The lowest BCUT2D eigenvalue weighted by Crippen LogP contribution is -2.48. The minimum absolute atomic E-state index is 0.0310. The van der Waals surface area contributed by atoms with Gasteiger partial charge in [0, 0.05) is 29.7 Å². The van der Waals surface area contributed by atoms with Crippen LogP contribution in [0.2, 0.25) is 10.2 Å². The molecule has 1 unspecified atom stereocenters. The fourth-order valence-electron chi connectivity index (χ4n) is 6.28. The Bertz CT molecular complexity index is 1410. The zero-order valence-corrected chi connectivity index (χ0v) is 25.0. The number of anilines is 1. The summed E-state index contributed by atoms with van der Waals surface area (Å²) < 4.78 is 0. The maximum atomic E-state index is 11.5. The SMILES string of the molecule is CC(O)c1nc(Sc2ccnc(Cl)c2Cl)cnc1N1CCC2(CC1)Cc1ccccc1[C@H]2CC(C)(C)NC(=O)O. The van der Waals surface area contributed by atoms with Crippen LogP contribution in [-0.2, 0) is 6.42 Å². The largest absolute Gasteiger partial charge is 0.465 e. The Hall–Kier alpha value is -2.59. The molecule has 2 aliphatic rings. The number of aliphatic hydroxyl groups is 1. The predicted molar refractivity (Wildman–Crippen MR) is 158 cm³/mol. The van der Waals surface area contributed by atoms with E-state index in [1.54, 1.807) is 25.4 Å². The molecular weight excluding hydrogens is 569 g/mol. The third kappa shape index (κ3) is 5.88. The minimum Gasteiger partial charge on any atom is -0.465 e. The van der Waals surface area contributed by atoms with Crippen molar-refractivity contribution in [2.75, 3.05) is 18.0 Å². The maximum absolute atomic E-state index is 11.5. The Morgan fingerprint density at radius 1 is 1.23 bits per heavy atom. The van der Waals surface area contributed by atoms with E-state index < -0.39 is 17.7 Å². The number of hydrogen-bond acceptors (Lipinski definition) is 7. The first kappa shape index (κ1) is 28.9. The van der Waals surface area contributed by atoms with Gasteiger partial charge in [0.25, 0.3) is 0 Å². The Labute approximate surface area is 248 Å². The molecule has 11 heteroatoms. The quantitative estimate of drug-likeness (QED) is 0.255. The highest BCUT2D eigenvalue weighted by atomic mass is 35.5. The highest BCUT2D eigenvalue weighted by Gasteiger charge is 2.49. The minimum atomic E-state index is -1.000. The highest BCUT2D eigenvalue weighted by molar-refractivity contribution is 7.99. The van der Waals surface area contributed by atoms with Crippen molar-refractivity contribution in [1.82, 2.24) is 20.3 Å². The van der Waals surface area contributed by atoms with Crippen LogP contribution in [0.3, 0.4) is 0 Å². The second-order valence-corrected chi connectivity index (χ2v) is 13.2. The smallest absolute Gasteiger partial charge is 0.405 e. The van der Waals surface area contributed by atoms with Crippen LogP contribution < -0.4 is 10.2 Å². The zero-order chi connectivity index (χ0) is 28.7. The van der Waals surface area contributed by atoms with Crippen molar-refractivity contribution in [2.24, 2.45) is 5.41 Å². The van der Waals surface area contributed by atoms with Crippen molar-refractivity contribution < 1.29 is 15.0 Å². The molecule has 212 valence electrons. The number of pyridine rings is 1. The van der Waals surface area contributed by atoms with E-state index in [0.717, 1.165) is 38.8 Å². The van der Waals surface area contributed by atoms with Gasteiger partial charge in [-0.05, 0) is 75.0 Å². The standard InChI is InChI=1S/C29H33Cl2N5O3S/c1-17(37)24-26(33-16-22(34-24)40-21-8-11-32-25(31)23(21)30)36-12-9-29(10-13-36)14-18-6-4-5-7-19(18)20(29)15-28(2,3)35-27(38)39/h4-8,11,16-17,20,35,37H,9-10,12-15H2,1-3H3,(H,38,39)/t17?,20-/m1/s1. The van der Waals surface area contributed by atoms with Crippen LogP contribution in [0, 0.1) is 5.41 Å². The van der Waals surface area contributed by atoms with Crippen LogP contribution in [-0.4, -0.2) is 49.9 Å². The fourth-order valence-corrected chi connectivity index (χ4v) is 7.51. The van der Waals surface area contributed by atoms with Crippen molar-refractivity contribution in [2.45, 2.75) is 73.9 Å². The zero-order valence-electron chi connectivity index (χ0n) is 22.7. The van der Waals surface area contributed by atoms with E-state index in [1.165, 1.54) is 22.9 Å². The van der Waals surface area contributed by atoms with Gasteiger partial charge in [0.1, 0.15) is 15.9 Å². The Morgan fingerprint density at radius 3 is 2.65 bits per heavy atom. The van der Waals surface area contributed by atoms with Crippen LogP contribution in [0.15, 0.2) is 52.6 Å². The third-order valence-electron chi connectivity index (χ3n) is 8.11. The van der Waals surface area contributed by atoms with Gasteiger partial charge in [-0.1, -0.05) is 59.2 Å². The van der Waals surface area contributed by atoms with Gasteiger partial charge in [0.15, 0.2) is 5.82 Å². The van der Waals surface area contributed by atoms with Crippen LogP contribution in [0.5, 0.6) is 0 Å². The molecule has 5 rings (SSSR count). The topological polar surface area (TPSA) is 111 Å². The molecule has 2 aromatic heterocycles. The molecule has 40 heavy (non-hydrogen) atoms. The average Bonchev–Trinajstić information content (AvgIpc) is 3.18.